The second-order valence-corrected chi connectivity index (χ2v) is 4.95. The van der Waals surface area contributed by atoms with Gasteiger partial charge in [0.05, 0.1) is 0 Å². The van der Waals surface area contributed by atoms with Crippen LogP contribution in [0.3, 0.4) is 0 Å². The zero-order valence-electron chi connectivity index (χ0n) is 9.02. The minimum absolute atomic E-state index is 0.344. The summed E-state index contributed by atoms with van der Waals surface area (Å²) in [5.41, 5.74) is 0.344. The maximum absolute atomic E-state index is 3.51. The molecule has 0 aliphatic rings. The highest BCUT2D eigenvalue weighted by Gasteiger charge is 2.21. The van der Waals surface area contributed by atoms with Crippen LogP contribution in [-0.2, 0) is 0 Å². The first kappa shape index (κ1) is 12.4. The maximum Gasteiger partial charge on any atom is 0.0147 e. The van der Waals surface area contributed by atoms with Crippen LogP contribution in [0.2, 0.25) is 0 Å². The maximum atomic E-state index is 3.51. The van der Waals surface area contributed by atoms with Crippen molar-refractivity contribution in [1.29, 1.82) is 0 Å². The van der Waals surface area contributed by atoms with E-state index in [-0.39, 0.29) is 0 Å². The van der Waals surface area contributed by atoms with Crippen molar-refractivity contribution in [2.45, 2.75) is 39.7 Å². The summed E-state index contributed by atoms with van der Waals surface area (Å²) >= 11 is 3.51. The molecule has 0 spiro atoms. The molecule has 0 amide bonds. The van der Waals surface area contributed by atoms with E-state index < -0.39 is 0 Å². The summed E-state index contributed by atoms with van der Waals surface area (Å²) in [7, 11) is 2.21. The summed E-state index contributed by atoms with van der Waals surface area (Å²) in [6.45, 7) is 10.3. The Morgan fingerprint density at radius 2 is 1.92 bits per heavy atom. The molecule has 0 aromatic carbocycles. The van der Waals surface area contributed by atoms with Gasteiger partial charge in [-0.15, -0.1) is 0 Å². The second-order valence-electron chi connectivity index (χ2n) is 4.31. The van der Waals surface area contributed by atoms with Crippen molar-refractivity contribution in [3.05, 3.63) is 0 Å². The van der Waals surface area contributed by atoms with Crippen LogP contribution in [0, 0.1) is 5.92 Å². The molecule has 0 fully saturated rings. The minimum Gasteiger partial charge on any atom is -0.301 e. The van der Waals surface area contributed by atoms with E-state index in [0.717, 1.165) is 11.2 Å². The molecular formula is C10H22BrN. The number of rotatable bonds is 5. The fourth-order valence-corrected chi connectivity index (χ4v) is 1.24. The third kappa shape index (κ3) is 3.90. The van der Waals surface area contributed by atoms with E-state index in [1.54, 1.807) is 0 Å². The van der Waals surface area contributed by atoms with Crippen LogP contribution < -0.4 is 0 Å². The molecule has 0 aromatic rings. The number of hydrogen-bond donors (Lipinski definition) is 0. The molecule has 0 rings (SSSR count). The zero-order valence-corrected chi connectivity index (χ0v) is 10.6. The van der Waals surface area contributed by atoms with E-state index in [1.807, 2.05) is 0 Å². The summed E-state index contributed by atoms with van der Waals surface area (Å²) in [6, 6.07) is 0. The minimum atomic E-state index is 0.344. The van der Waals surface area contributed by atoms with E-state index in [4.69, 9.17) is 0 Å². The van der Waals surface area contributed by atoms with Crippen LogP contribution in [0.5, 0.6) is 0 Å². The molecule has 0 saturated heterocycles. The van der Waals surface area contributed by atoms with Gasteiger partial charge in [0.1, 0.15) is 0 Å². The van der Waals surface area contributed by atoms with Gasteiger partial charge in [0.15, 0.2) is 0 Å². The van der Waals surface area contributed by atoms with Crippen molar-refractivity contribution in [3.8, 4) is 0 Å². The Bertz CT molecular complexity index is 123. The van der Waals surface area contributed by atoms with Crippen molar-refractivity contribution in [2.24, 2.45) is 5.92 Å². The number of hydrogen-bond acceptors (Lipinski definition) is 1. The Morgan fingerprint density at radius 1 is 1.42 bits per heavy atom. The predicted octanol–water partition coefficient (Wildman–Crippen LogP) is 3.14. The SMILES string of the molecule is CCC(C)(C)N(C)CC(C)CBr. The third-order valence-electron chi connectivity index (χ3n) is 2.75. The first-order valence-electron chi connectivity index (χ1n) is 4.71. The average Bonchev–Trinajstić information content (AvgIpc) is 2.04. The molecule has 0 bridgehead atoms. The molecule has 12 heavy (non-hydrogen) atoms. The zero-order chi connectivity index (χ0) is 9.78. The fraction of sp³-hybridized carbons (Fsp3) is 1.00. The molecule has 1 atom stereocenters. The van der Waals surface area contributed by atoms with E-state index in [1.165, 1.54) is 13.0 Å². The lowest BCUT2D eigenvalue weighted by Crippen LogP contribution is -2.42. The number of halogens is 1. The lowest BCUT2D eigenvalue weighted by Gasteiger charge is -2.36. The predicted molar refractivity (Wildman–Crippen MR) is 60.0 cm³/mol. The fourth-order valence-electron chi connectivity index (χ4n) is 1.03. The van der Waals surface area contributed by atoms with Crippen LogP contribution in [0.4, 0.5) is 0 Å². The van der Waals surface area contributed by atoms with Crippen molar-refractivity contribution in [3.63, 3.8) is 0 Å². The lowest BCUT2D eigenvalue weighted by molar-refractivity contribution is 0.136. The molecule has 0 aliphatic heterocycles. The van der Waals surface area contributed by atoms with Gasteiger partial charge >= 0.3 is 0 Å². The monoisotopic (exact) mass is 235 g/mol. The summed E-state index contributed by atoms with van der Waals surface area (Å²) < 4.78 is 0. The largest absolute Gasteiger partial charge is 0.301 e. The van der Waals surface area contributed by atoms with Gasteiger partial charge in [0.25, 0.3) is 0 Å². The standard InChI is InChI=1S/C10H22BrN/c1-6-10(3,4)12(5)8-9(2)7-11/h9H,6-8H2,1-5H3. The third-order valence-corrected chi connectivity index (χ3v) is 3.85. The molecular weight excluding hydrogens is 214 g/mol. The van der Waals surface area contributed by atoms with Crippen LogP contribution in [0.1, 0.15) is 34.1 Å². The first-order valence-corrected chi connectivity index (χ1v) is 5.83. The van der Waals surface area contributed by atoms with Gasteiger partial charge in [-0.25, -0.2) is 0 Å². The molecule has 1 nitrogen and oxygen atoms in total. The van der Waals surface area contributed by atoms with Gasteiger partial charge < -0.3 is 4.90 Å². The van der Waals surface area contributed by atoms with Crippen LogP contribution in [-0.4, -0.2) is 29.4 Å². The highest BCUT2D eigenvalue weighted by molar-refractivity contribution is 9.09. The molecule has 0 aliphatic carbocycles. The summed E-state index contributed by atoms with van der Waals surface area (Å²) in [5.74, 6) is 0.737. The summed E-state index contributed by atoms with van der Waals surface area (Å²) in [4.78, 5) is 2.44. The Morgan fingerprint density at radius 3 is 2.25 bits per heavy atom. The van der Waals surface area contributed by atoms with Crippen LogP contribution in [0.15, 0.2) is 0 Å². The molecule has 0 radical (unpaired) electrons. The van der Waals surface area contributed by atoms with Crippen LogP contribution in [0.25, 0.3) is 0 Å². The van der Waals surface area contributed by atoms with Gasteiger partial charge in [-0.2, -0.15) is 0 Å². The van der Waals surface area contributed by atoms with E-state index >= 15 is 0 Å². The Balaban J connectivity index is 3.93. The second kappa shape index (κ2) is 5.23. The average molecular weight is 236 g/mol. The van der Waals surface area contributed by atoms with Crippen molar-refractivity contribution < 1.29 is 0 Å². The highest BCUT2D eigenvalue weighted by atomic mass is 79.9. The molecule has 0 aromatic heterocycles. The quantitative estimate of drug-likeness (QED) is 0.663. The molecule has 0 heterocycles. The van der Waals surface area contributed by atoms with Crippen molar-refractivity contribution >= 4 is 15.9 Å². The Hall–Kier alpha value is 0.440. The smallest absolute Gasteiger partial charge is 0.0147 e. The van der Waals surface area contributed by atoms with Gasteiger partial charge in [-0.1, -0.05) is 29.8 Å². The highest BCUT2D eigenvalue weighted by Crippen LogP contribution is 2.18. The van der Waals surface area contributed by atoms with Gasteiger partial charge in [0.2, 0.25) is 0 Å². The van der Waals surface area contributed by atoms with Crippen molar-refractivity contribution in [2.75, 3.05) is 18.9 Å². The molecule has 2 heteroatoms. The van der Waals surface area contributed by atoms with E-state index in [0.29, 0.717) is 5.54 Å². The van der Waals surface area contributed by atoms with Crippen molar-refractivity contribution in [1.82, 2.24) is 4.90 Å². The molecule has 0 saturated carbocycles. The van der Waals surface area contributed by atoms with Gasteiger partial charge in [-0.05, 0) is 33.2 Å². The molecule has 0 N–H and O–H groups in total. The normalized spacial score (nSPS) is 15.2. The summed E-state index contributed by atoms with van der Waals surface area (Å²) in [6.07, 6.45) is 1.21. The number of nitrogens with zero attached hydrogens (tertiary/aromatic N) is 1. The molecule has 74 valence electrons. The first-order chi connectivity index (χ1) is 5.44. The van der Waals surface area contributed by atoms with E-state index in [9.17, 15) is 0 Å². The molecule has 1 unspecified atom stereocenters. The lowest BCUT2D eigenvalue weighted by atomic mass is 9.99. The Labute approximate surface area is 85.7 Å². The summed E-state index contributed by atoms with van der Waals surface area (Å²) in [5, 5.41) is 1.09. The number of alkyl halides is 1. The van der Waals surface area contributed by atoms with Gasteiger partial charge in [0, 0.05) is 17.4 Å². The van der Waals surface area contributed by atoms with E-state index in [2.05, 4.69) is 55.6 Å². The van der Waals surface area contributed by atoms with Gasteiger partial charge in [-0.3, -0.25) is 0 Å². The topological polar surface area (TPSA) is 3.24 Å². The van der Waals surface area contributed by atoms with Crippen LogP contribution >= 0.6 is 15.9 Å². The Kier molecular flexibility index (Phi) is 5.42.